The highest BCUT2D eigenvalue weighted by Crippen LogP contribution is 2.23. The minimum Gasteiger partial charge on any atom is -0.329 e. The lowest BCUT2D eigenvalue weighted by Crippen LogP contribution is -2.48. The quantitative estimate of drug-likeness (QED) is 0.905. The monoisotopic (exact) mass is 297 g/mol. The predicted octanol–water partition coefficient (Wildman–Crippen LogP) is 1.17. The number of amides is 1. The lowest BCUT2D eigenvalue weighted by molar-refractivity contribution is 0.0633. The molecule has 1 unspecified atom stereocenters. The van der Waals surface area contributed by atoms with Gasteiger partial charge in [0, 0.05) is 38.9 Å². The van der Waals surface area contributed by atoms with Crippen LogP contribution in [0.15, 0.2) is 53.5 Å². The van der Waals surface area contributed by atoms with Gasteiger partial charge in [0.15, 0.2) is 0 Å². The minimum absolute atomic E-state index is 0.0136. The van der Waals surface area contributed by atoms with Crippen molar-refractivity contribution in [3.8, 4) is 0 Å². The Hall–Kier alpha value is -2.40. The Balaban J connectivity index is 1.91. The van der Waals surface area contributed by atoms with Crippen molar-refractivity contribution in [1.29, 1.82) is 0 Å². The molecular formula is C17H19N3O2. The standard InChI is InChI=1S/C17H19N3O2/c1-19-12-14(7-8-16(19)21)17(22)20-10-9-18-11-15(20)13-5-3-2-4-6-13/h2-8,12,15,18H,9-11H2,1H3. The van der Waals surface area contributed by atoms with E-state index in [2.05, 4.69) is 5.32 Å². The van der Waals surface area contributed by atoms with E-state index in [0.29, 0.717) is 12.1 Å². The van der Waals surface area contributed by atoms with Gasteiger partial charge in [-0.05, 0) is 11.6 Å². The minimum atomic E-state index is -0.114. The van der Waals surface area contributed by atoms with Crippen LogP contribution in [0.4, 0.5) is 0 Å². The third-order valence-electron chi connectivity index (χ3n) is 4.02. The summed E-state index contributed by atoms with van der Waals surface area (Å²) in [6, 6.07) is 13.1. The molecule has 2 aromatic rings. The Kier molecular flexibility index (Phi) is 4.06. The topological polar surface area (TPSA) is 54.3 Å². The number of piperazine rings is 1. The van der Waals surface area contributed by atoms with E-state index in [1.807, 2.05) is 35.2 Å². The number of aryl methyl sites for hydroxylation is 1. The van der Waals surface area contributed by atoms with Crippen molar-refractivity contribution >= 4 is 5.91 Å². The number of aromatic nitrogens is 1. The first-order valence-electron chi connectivity index (χ1n) is 7.40. The fourth-order valence-corrected chi connectivity index (χ4v) is 2.81. The van der Waals surface area contributed by atoms with Gasteiger partial charge in [0.1, 0.15) is 0 Å². The Bertz CT molecular complexity index is 724. The largest absolute Gasteiger partial charge is 0.329 e. The Morgan fingerprint density at radius 2 is 1.95 bits per heavy atom. The molecule has 1 aromatic heterocycles. The predicted molar refractivity (Wildman–Crippen MR) is 84.8 cm³/mol. The molecule has 1 aliphatic rings. The molecule has 22 heavy (non-hydrogen) atoms. The average Bonchev–Trinajstić information content (AvgIpc) is 2.57. The molecule has 1 aliphatic heterocycles. The van der Waals surface area contributed by atoms with Crippen LogP contribution in [0.1, 0.15) is 22.0 Å². The summed E-state index contributed by atoms with van der Waals surface area (Å²) in [4.78, 5) is 26.2. The molecule has 0 bridgehead atoms. The lowest BCUT2D eigenvalue weighted by Gasteiger charge is -2.36. The maximum Gasteiger partial charge on any atom is 0.255 e. The van der Waals surface area contributed by atoms with Crippen molar-refractivity contribution in [2.24, 2.45) is 7.05 Å². The molecule has 0 aliphatic carbocycles. The van der Waals surface area contributed by atoms with E-state index in [9.17, 15) is 9.59 Å². The fraction of sp³-hybridized carbons (Fsp3) is 0.294. The number of nitrogens with zero attached hydrogens (tertiary/aromatic N) is 2. The molecule has 0 spiro atoms. The molecule has 0 saturated carbocycles. The Morgan fingerprint density at radius 3 is 2.68 bits per heavy atom. The maximum absolute atomic E-state index is 12.8. The van der Waals surface area contributed by atoms with Crippen LogP contribution in [0.3, 0.4) is 0 Å². The second-order valence-electron chi connectivity index (χ2n) is 5.50. The normalized spacial score (nSPS) is 18.2. The number of rotatable bonds is 2. The SMILES string of the molecule is Cn1cc(C(=O)N2CCNCC2c2ccccc2)ccc1=O. The van der Waals surface area contributed by atoms with Gasteiger partial charge in [0.05, 0.1) is 11.6 Å². The number of benzene rings is 1. The molecule has 114 valence electrons. The maximum atomic E-state index is 12.8. The highest BCUT2D eigenvalue weighted by atomic mass is 16.2. The summed E-state index contributed by atoms with van der Waals surface area (Å²) in [6.45, 7) is 2.17. The smallest absolute Gasteiger partial charge is 0.255 e. The van der Waals surface area contributed by atoms with Gasteiger partial charge in [-0.1, -0.05) is 30.3 Å². The highest BCUT2D eigenvalue weighted by molar-refractivity contribution is 5.94. The van der Waals surface area contributed by atoms with Crippen molar-refractivity contribution in [2.45, 2.75) is 6.04 Å². The number of pyridine rings is 1. The van der Waals surface area contributed by atoms with E-state index in [4.69, 9.17) is 0 Å². The number of nitrogens with one attached hydrogen (secondary N) is 1. The molecular weight excluding hydrogens is 278 g/mol. The molecule has 5 heteroatoms. The zero-order chi connectivity index (χ0) is 15.5. The number of carbonyl (C=O) groups excluding carboxylic acids is 1. The molecule has 3 rings (SSSR count). The molecule has 0 radical (unpaired) electrons. The molecule has 1 atom stereocenters. The second-order valence-corrected chi connectivity index (χ2v) is 5.50. The summed E-state index contributed by atoms with van der Waals surface area (Å²) < 4.78 is 1.44. The summed E-state index contributed by atoms with van der Waals surface area (Å²) in [7, 11) is 1.66. The third-order valence-corrected chi connectivity index (χ3v) is 4.02. The van der Waals surface area contributed by atoms with E-state index >= 15 is 0 Å². The molecule has 1 fully saturated rings. The molecule has 1 N–H and O–H groups in total. The Morgan fingerprint density at radius 1 is 1.18 bits per heavy atom. The van der Waals surface area contributed by atoms with Gasteiger partial charge in [-0.25, -0.2) is 0 Å². The van der Waals surface area contributed by atoms with Gasteiger partial charge in [0.25, 0.3) is 5.91 Å². The van der Waals surface area contributed by atoms with Crippen LogP contribution in [-0.4, -0.2) is 35.0 Å². The second kappa shape index (κ2) is 6.15. The summed E-state index contributed by atoms with van der Waals surface area (Å²) in [5.74, 6) is -0.0362. The van der Waals surface area contributed by atoms with Crippen molar-refractivity contribution in [3.63, 3.8) is 0 Å². The van der Waals surface area contributed by atoms with Crippen molar-refractivity contribution in [3.05, 3.63) is 70.1 Å². The number of hydrogen-bond acceptors (Lipinski definition) is 3. The lowest BCUT2D eigenvalue weighted by atomic mass is 10.0. The van der Waals surface area contributed by atoms with E-state index in [1.54, 1.807) is 19.3 Å². The highest BCUT2D eigenvalue weighted by Gasteiger charge is 2.28. The summed E-state index contributed by atoms with van der Waals surface area (Å²) in [5, 5.41) is 3.34. The van der Waals surface area contributed by atoms with Crippen LogP contribution in [0.25, 0.3) is 0 Å². The van der Waals surface area contributed by atoms with Crippen LogP contribution >= 0.6 is 0 Å². The zero-order valence-corrected chi connectivity index (χ0v) is 12.5. The van der Waals surface area contributed by atoms with Gasteiger partial charge in [-0.2, -0.15) is 0 Å². The summed E-state index contributed by atoms with van der Waals surface area (Å²) in [5.41, 5.74) is 1.55. The van der Waals surface area contributed by atoms with E-state index < -0.39 is 0 Å². The number of carbonyl (C=O) groups is 1. The van der Waals surface area contributed by atoms with Crippen LogP contribution in [0.5, 0.6) is 0 Å². The van der Waals surface area contributed by atoms with Gasteiger partial charge >= 0.3 is 0 Å². The molecule has 1 saturated heterocycles. The summed E-state index contributed by atoms with van der Waals surface area (Å²) >= 11 is 0. The van der Waals surface area contributed by atoms with Crippen molar-refractivity contribution in [1.82, 2.24) is 14.8 Å². The van der Waals surface area contributed by atoms with E-state index in [-0.39, 0.29) is 17.5 Å². The third kappa shape index (κ3) is 2.80. The molecule has 2 heterocycles. The Labute approximate surface area is 129 Å². The first-order valence-corrected chi connectivity index (χ1v) is 7.40. The van der Waals surface area contributed by atoms with Crippen molar-refractivity contribution < 1.29 is 4.79 Å². The molecule has 1 aromatic carbocycles. The average molecular weight is 297 g/mol. The van der Waals surface area contributed by atoms with Gasteiger partial charge in [0.2, 0.25) is 5.56 Å². The van der Waals surface area contributed by atoms with Crippen LogP contribution in [-0.2, 0) is 7.05 Å². The number of hydrogen-bond donors (Lipinski definition) is 1. The van der Waals surface area contributed by atoms with Gasteiger partial charge < -0.3 is 14.8 Å². The fourth-order valence-electron chi connectivity index (χ4n) is 2.81. The molecule has 1 amide bonds. The van der Waals surface area contributed by atoms with Gasteiger partial charge in [-0.15, -0.1) is 0 Å². The first kappa shape index (κ1) is 14.5. The zero-order valence-electron chi connectivity index (χ0n) is 12.5. The summed E-state index contributed by atoms with van der Waals surface area (Å²) in [6.07, 6.45) is 1.61. The van der Waals surface area contributed by atoms with Gasteiger partial charge in [-0.3, -0.25) is 9.59 Å². The van der Waals surface area contributed by atoms with Crippen molar-refractivity contribution in [2.75, 3.05) is 19.6 Å². The van der Waals surface area contributed by atoms with Crippen LogP contribution in [0.2, 0.25) is 0 Å². The van der Waals surface area contributed by atoms with Crippen LogP contribution in [0, 0.1) is 0 Å². The van der Waals surface area contributed by atoms with E-state index in [0.717, 1.165) is 18.7 Å². The van der Waals surface area contributed by atoms with E-state index in [1.165, 1.54) is 10.6 Å². The first-order chi connectivity index (χ1) is 10.7. The van der Waals surface area contributed by atoms with Crippen LogP contribution < -0.4 is 10.9 Å². The molecule has 5 nitrogen and oxygen atoms in total.